The molecular formula is C16H26ClN3O3. The minimum atomic E-state index is -0.00678. The summed E-state index contributed by atoms with van der Waals surface area (Å²) in [6.07, 6.45) is -0.00678. The summed E-state index contributed by atoms with van der Waals surface area (Å²) in [5, 5.41) is 7.08. The van der Waals surface area contributed by atoms with E-state index in [0.717, 1.165) is 5.75 Å². The molecule has 6 nitrogen and oxygen atoms in total. The van der Waals surface area contributed by atoms with Crippen LogP contribution in [0.5, 0.6) is 5.75 Å². The summed E-state index contributed by atoms with van der Waals surface area (Å²) < 4.78 is 16.1. The number of hydrogen-bond acceptors (Lipinski definition) is 4. The van der Waals surface area contributed by atoms with Gasteiger partial charge in [-0.05, 0) is 31.2 Å². The molecule has 0 aliphatic rings. The molecule has 7 heteroatoms. The third-order valence-corrected chi connectivity index (χ3v) is 3.15. The van der Waals surface area contributed by atoms with Crippen molar-refractivity contribution in [3.05, 3.63) is 29.3 Å². The molecule has 130 valence electrons. The molecule has 0 saturated heterocycles. The maximum atomic E-state index is 5.85. The second kappa shape index (κ2) is 12.0. The van der Waals surface area contributed by atoms with Gasteiger partial charge in [0.25, 0.3) is 0 Å². The van der Waals surface area contributed by atoms with Crippen LogP contribution >= 0.6 is 11.6 Å². The highest BCUT2D eigenvalue weighted by atomic mass is 35.5. The van der Waals surface area contributed by atoms with Crippen molar-refractivity contribution < 1.29 is 14.2 Å². The number of halogens is 1. The largest absolute Gasteiger partial charge is 0.489 e. The van der Waals surface area contributed by atoms with E-state index in [-0.39, 0.29) is 6.10 Å². The van der Waals surface area contributed by atoms with Gasteiger partial charge in [-0.3, -0.25) is 4.99 Å². The summed E-state index contributed by atoms with van der Waals surface area (Å²) in [4.78, 5) is 4.15. The van der Waals surface area contributed by atoms with E-state index in [4.69, 9.17) is 25.8 Å². The smallest absolute Gasteiger partial charge is 0.191 e. The van der Waals surface area contributed by atoms with Gasteiger partial charge >= 0.3 is 0 Å². The van der Waals surface area contributed by atoms with Gasteiger partial charge < -0.3 is 24.8 Å². The van der Waals surface area contributed by atoms with E-state index in [0.29, 0.717) is 43.9 Å². The molecule has 1 aromatic rings. The van der Waals surface area contributed by atoms with Crippen molar-refractivity contribution in [1.82, 2.24) is 10.6 Å². The van der Waals surface area contributed by atoms with Gasteiger partial charge in [-0.2, -0.15) is 0 Å². The van der Waals surface area contributed by atoms with Crippen LogP contribution in [0.25, 0.3) is 0 Å². The molecule has 1 atom stereocenters. The zero-order valence-electron chi connectivity index (χ0n) is 14.0. The lowest BCUT2D eigenvalue weighted by molar-refractivity contribution is 0.0733. The number of nitrogens with zero attached hydrogens (tertiary/aromatic N) is 1. The Labute approximate surface area is 143 Å². The quantitative estimate of drug-likeness (QED) is 0.386. The van der Waals surface area contributed by atoms with Crippen molar-refractivity contribution in [3.63, 3.8) is 0 Å². The van der Waals surface area contributed by atoms with Crippen LogP contribution in [0.1, 0.15) is 6.92 Å². The summed E-state index contributed by atoms with van der Waals surface area (Å²) >= 11 is 5.85. The van der Waals surface area contributed by atoms with Crippen LogP contribution in [-0.4, -0.2) is 59.1 Å². The number of benzene rings is 1. The zero-order valence-corrected chi connectivity index (χ0v) is 14.7. The second-order valence-electron chi connectivity index (χ2n) is 4.87. The predicted molar refractivity (Wildman–Crippen MR) is 93.6 cm³/mol. The maximum absolute atomic E-state index is 5.85. The van der Waals surface area contributed by atoms with Crippen LogP contribution in [0.3, 0.4) is 0 Å². The molecule has 0 bridgehead atoms. The van der Waals surface area contributed by atoms with Gasteiger partial charge in [0, 0.05) is 25.7 Å². The van der Waals surface area contributed by atoms with E-state index in [1.54, 1.807) is 26.3 Å². The summed E-state index contributed by atoms with van der Waals surface area (Å²) in [5.74, 6) is 1.50. The first-order chi connectivity index (χ1) is 11.2. The molecule has 0 aliphatic carbocycles. The first kappa shape index (κ1) is 19.5. The summed E-state index contributed by atoms with van der Waals surface area (Å²) in [6.45, 7) is 5.09. The molecule has 0 radical (unpaired) electrons. The molecule has 1 unspecified atom stereocenters. The number of methoxy groups -OCH3 is 1. The molecule has 1 aromatic carbocycles. The fourth-order valence-corrected chi connectivity index (χ4v) is 1.86. The number of rotatable bonds is 10. The number of hydrogen-bond donors (Lipinski definition) is 2. The third kappa shape index (κ3) is 9.28. The third-order valence-electron chi connectivity index (χ3n) is 2.90. The highest BCUT2D eigenvalue weighted by Gasteiger charge is 2.05. The van der Waals surface area contributed by atoms with Crippen molar-refractivity contribution in [2.45, 2.75) is 13.0 Å². The normalized spacial score (nSPS) is 12.8. The van der Waals surface area contributed by atoms with E-state index < -0.39 is 0 Å². The van der Waals surface area contributed by atoms with Gasteiger partial charge in [-0.1, -0.05) is 11.6 Å². The van der Waals surface area contributed by atoms with E-state index in [2.05, 4.69) is 15.6 Å². The fraction of sp³-hybridized carbons (Fsp3) is 0.562. The Morgan fingerprint density at radius 2 is 1.91 bits per heavy atom. The van der Waals surface area contributed by atoms with Crippen molar-refractivity contribution in [1.29, 1.82) is 0 Å². The molecule has 0 fully saturated rings. The lowest BCUT2D eigenvalue weighted by Gasteiger charge is -2.17. The van der Waals surface area contributed by atoms with Crippen LogP contribution < -0.4 is 15.4 Å². The Hall–Kier alpha value is -1.50. The van der Waals surface area contributed by atoms with Crippen LogP contribution in [0.4, 0.5) is 0 Å². The van der Waals surface area contributed by atoms with Crippen LogP contribution in [0.15, 0.2) is 29.3 Å². The highest BCUT2D eigenvalue weighted by molar-refractivity contribution is 6.30. The highest BCUT2D eigenvalue weighted by Crippen LogP contribution is 2.16. The van der Waals surface area contributed by atoms with Crippen LogP contribution in [0, 0.1) is 0 Å². The van der Waals surface area contributed by atoms with E-state index in [1.807, 2.05) is 19.1 Å². The van der Waals surface area contributed by atoms with Crippen LogP contribution in [0.2, 0.25) is 5.02 Å². The molecule has 1 rings (SSSR count). The summed E-state index contributed by atoms with van der Waals surface area (Å²) in [6, 6.07) is 7.31. The first-order valence-corrected chi connectivity index (χ1v) is 7.97. The number of ether oxygens (including phenoxy) is 3. The maximum Gasteiger partial charge on any atom is 0.191 e. The molecule has 2 N–H and O–H groups in total. The lowest BCUT2D eigenvalue weighted by atomic mass is 10.3. The molecule has 0 aromatic heterocycles. The number of nitrogens with one attached hydrogen (secondary N) is 2. The summed E-state index contributed by atoms with van der Waals surface area (Å²) in [7, 11) is 3.38. The van der Waals surface area contributed by atoms with E-state index >= 15 is 0 Å². The van der Waals surface area contributed by atoms with Gasteiger partial charge in [0.1, 0.15) is 11.9 Å². The standard InChI is InChI=1S/C16H26ClN3O3/c1-13(23-15-6-4-14(17)5-7-15)12-20-16(18-2)19-8-9-22-11-10-21-3/h4-7,13H,8-12H2,1-3H3,(H2,18,19,20). The minimum absolute atomic E-state index is 0.00678. The average Bonchev–Trinajstić information content (AvgIpc) is 2.55. The molecule has 0 spiro atoms. The summed E-state index contributed by atoms with van der Waals surface area (Å²) in [5.41, 5.74) is 0. The fourth-order valence-electron chi connectivity index (χ4n) is 1.73. The van der Waals surface area contributed by atoms with Crippen molar-refractivity contribution in [3.8, 4) is 5.75 Å². The Kier molecular flexibility index (Phi) is 10.2. The Bertz CT molecular complexity index is 454. The Morgan fingerprint density at radius 1 is 1.17 bits per heavy atom. The van der Waals surface area contributed by atoms with Gasteiger partial charge in [0.05, 0.1) is 26.4 Å². The van der Waals surface area contributed by atoms with Crippen molar-refractivity contribution in [2.24, 2.45) is 4.99 Å². The SMILES string of the molecule is CN=C(NCCOCCOC)NCC(C)Oc1ccc(Cl)cc1. The predicted octanol–water partition coefficient (Wildman–Crippen LogP) is 1.94. The number of guanidine groups is 1. The van der Waals surface area contributed by atoms with Crippen molar-refractivity contribution >= 4 is 17.6 Å². The number of aliphatic imine (C=N–C) groups is 1. The van der Waals surface area contributed by atoms with Gasteiger partial charge in [0.15, 0.2) is 5.96 Å². The van der Waals surface area contributed by atoms with Crippen LogP contribution in [-0.2, 0) is 9.47 Å². The van der Waals surface area contributed by atoms with E-state index in [1.165, 1.54) is 0 Å². The monoisotopic (exact) mass is 343 g/mol. The topological polar surface area (TPSA) is 64.1 Å². The van der Waals surface area contributed by atoms with Crippen molar-refractivity contribution in [2.75, 3.05) is 47.1 Å². The van der Waals surface area contributed by atoms with E-state index in [9.17, 15) is 0 Å². The molecule has 0 heterocycles. The molecule has 0 aliphatic heterocycles. The lowest BCUT2D eigenvalue weighted by Crippen LogP contribution is -2.42. The van der Waals surface area contributed by atoms with Gasteiger partial charge in [-0.25, -0.2) is 0 Å². The Morgan fingerprint density at radius 3 is 2.57 bits per heavy atom. The zero-order chi connectivity index (χ0) is 16.9. The first-order valence-electron chi connectivity index (χ1n) is 7.59. The molecule has 23 heavy (non-hydrogen) atoms. The molecule has 0 amide bonds. The Balaban J connectivity index is 2.19. The molecule has 0 saturated carbocycles. The minimum Gasteiger partial charge on any atom is -0.489 e. The average molecular weight is 344 g/mol. The molecular weight excluding hydrogens is 318 g/mol. The van der Waals surface area contributed by atoms with Gasteiger partial charge in [0.2, 0.25) is 0 Å². The van der Waals surface area contributed by atoms with Gasteiger partial charge in [-0.15, -0.1) is 0 Å². The second-order valence-corrected chi connectivity index (χ2v) is 5.30.